The summed E-state index contributed by atoms with van der Waals surface area (Å²) in [5.74, 6) is -1.69. The molecule has 124 valence electrons. The standard InChI is InChI=1S/C17H13BrF2N2OS/c18-13-4-1-11(2-5-13)10-24-17-21-7-8-22(17)16(23)12-3-6-14(19)15(20)9-12/h1-6,9H,7-8,10H2. The Morgan fingerprint density at radius 2 is 1.92 bits per heavy atom. The number of hydrogen-bond donors (Lipinski definition) is 0. The van der Waals surface area contributed by atoms with Gasteiger partial charge in [-0.1, -0.05) is 39.8 Å². The first-order chi connectivity index (χ1) is 11.5. The second kappa shape index (κ2) is 7.44. The third kappa shape index (κ3) is 3.84. The van der Waals surface area contributed by atoms with E-state index in [1.807, 2.05) is 24.3 Å². The average molecular weight is 411 g/mol. The zero-order valence-electron chi connectivity index (χ0n) is 12.5. The van der Waals surface area contributed by atoms with Crippen LogP contribution in [0.2, 0.25) is 0 Å². The minimum atomic E-state index is -1.03. The molecule has 1 amide bonds. The third-order valence-corrected chi connectivity index (χ3v) is 5.11. The summed E-state index contributed by atoms with van der Waals surface area (Å²) in [6, 6.07) is 11.1. The number of nitrogens with zero attached hydrogens (tertiary/aromatic N) is 2. The van der Waals surface area contributed by atoms with Crippen molar-refractivity contribution in [2.45, 2.75) is 5.75 Å². The van der Waals surface area contributed by atoms with Crippen molar-refractivity contribution in [1.29, 1.82) is 0 Å². The second-order valence-electron chi connectivity index (χ2n) is 5.17. The fraction of sp³-hybridized carbons (Fsp3) is 0.176. The lowest BCUT2D eigenvalue weighted by molar-refractivity contribution is 0.0860. The lowest BCUT2D eigenvalue weighted by Gasteiger charge is -2.18. The Labute approximate surface area is 150 Å². The monoisotopic (exact) mass is 410 g/mol. The average Bonchev–Trinajstić information content (AvgIpc) is 3.05. The molecule has 2 aromatic rings. The summed E-state index contributed by atoms with van der Waals surface area (Å²) in [7, 11) is 0. The van der Waals surface area contributed by atoms with Gasteiger partial charge in [0.1, 0.15) is 0 Å². The Balaban J connectivity index is 1.69. The first-order valence-corrected chi connectivity index (χ1v) is 9.01. The van der Waals surface area contributed by atoms with Gasteiger partial charge in [-0.15, -0.1) is 0 Å². The lowest BCUT2D eigenvalue weighted by atomic mass is 10.2. The maximum absolute atomic E-state index is 13.3. The SMILES string of the molecule is O=C(c1ccc(F)c(F)c1)N1CCN=C1SCc1ccc(Br)cc1. The number of carbonyl (C=O) groups excluding carboxylic acids is 1. The van der Waals surface area contributed by atoms with Crippen LogP contribution >= 0.6 is 27.7 Å². The van der Waals surface area contributed by atoms with Crippen molar-refractivity contribution >= 4 is 38.8 Å². The molecular formula is C17H13BrF2N2OS. The van der Waals surface area contributed by atoms with Gasteiger partial charge in [-0.05, 0) is 35.9 Å². The maximum Gasteiger partial charge on any atom is 0.259 e. The zero-order valence-corrected chi connectivity index (χ0v) is 14.9. The van der Waals surface area contributed by atoms with Crippen LogP contribution in [0.15, 0.2) is 51.9 Å². The van der Waals surface area contributed by atoms with Gasteiger partial charge >= 0.3 is 0 Å². The van der Waals surface area contributed by atoms with E-state index in [1.165, 1.54) is 22.7 Å². The Bertz CT molecular complexity index is 796. The Hall–Kier alpha value is -1.73. The van der Waals surface area contributed by atoms with Crippen molar-refractivity contribution in [3.05, 3.63) is 69.7 Å². The van der Waals surface area contributed by atoms with Crippen molar-refractivity contribution in [2.75, 3.05) is 13.1 Å². The van der Waals surface area contributed by atoms with E-state index in [2.05, 4.69) is 20.9 Å². The number of benzene rings is 2. The normalized spacial score (nSPS) is 14.0. The van der Waals surface area contributed by atoms with Gasteiger partial charge in [0.05, 0.1) is 6.54 Å². The van der Waals surface area contributed by atoms with Crippen LogP contribution in [-0.4, -0.2) is 29.1 Å². The molecule has 0 aliphatic carbocycles. The fourth-order valence-corrected chi connectivity index (χ4v) is 3.52. The van der Waals surface area contributed by atoms with Gasteiger partial charge in [0.25, 0.3) is 5.91 Å². The highest BCUT2D eigenvalue weighted by Gasteiger charge is 2.25. The summed E-state index contributed by atoms with van der Waals surface area (Å²) in [4.78, 5) is 18.4. The number of amides is 1. The van der Waals surface area contributed by atoms with E-state index in [0.717, 1.165) is 22.2 Å². The Morgan fingerprint density at radius 1 is 1.17 bits per heavy atom. The van der Waals surface area contributed by atoms with Crippen LogP contribution in [-0.2, 0) is 5.75 Å². The molecule has 0 saturated carbocycles. The lowest BCUT2D eigenvalue weighted by Crippen LogP contribution is -2.33. The van der Waals surface area contributed by atoms with Gasteiger partial charge in [0.15, 0.2) is 16.8 Å². The number of amidine groups is 1. The molecular weight excluding hydrogens is 398 g/mol. The van der Waals surface area contributed by atoms with Crippen molar-refractivity contribution < 1.29 is 13.6 Å². The van der Waals surface area contributed by atoms with E-state index in [0.29, 0.717) is 24.0 Å². The van der Waals surface area contributed by atoms with Crippen LogP contribution in [0.4, 0.5) is 8.78 Å². The molecule has 1 aliphatic rings. The Kier molecular flexibility index (Phi) is 5.30. The van der Waals surface area contributed by atoms with Gasteiger partial charge in [0.2, 0.25) is 0 Å². The predicted octanol–water partition coefficient (Wildman–Crippen LogP) is 4.47. The summed E-state index contributed by atoms with van der Waals surface area (Å²) < 4.78 is 27.4. The molecule has 0 spiro atoms. The first kappa shape index (κ1) is 17.1. The van der Waals surface area contributed by atoms with Crippen LogP contribution in [0.3, 0.4) is 0 Å². The first-order valence-electron chi connectivity index (χ1n) is 7.23. The number of halogens is 3. The second-order valence-corrected chi connectivity index (χ2v) is 7.02. The highest BCUT2D eigenvalue weighted by molar-refractivity contribution is 9.10. The molecule has 3 rings (SSSR count). The number of rotatable bonds is 3. The number of aliphatic imine (C=N–C) groups is 1. The van der Waals surface area contributed by atoms with E-state index in [4.69, 9.17) is 0 Å². The molecule has 0 aromatic heterocycles. The molecule has 3 nitrogen and oxygen atoms in total. The zero-order chi connectivity index (χ0) is 17.1. The highest BCUT2D eigenvalue weighted by atomic mass is 79.9. The van der Waals surface area contributed by atoms with Crippen molar-refractivity contribution in [2.24, 2.45) is 4.99 Å². The van der Waals surface area contributed by atoms with Crippen LogP contribution in [0.5, 0.6) is 0 Å². The van der Waals surface area contributed by atoms with E-state index >= 15 is 0 Å². The van der Waals surface area contributed by atoms with Crippen molar-refractivity contribution in [1.82, 2.24) is 4.90 Å². The topological polar surface area (TPSA) is 32.7 Å². The van der Waals surface area contributed by atoms with Crippen molar-refractivity contribution in [3.63, 3.8) is 0 Å². The summed E-state index contributed by atoms with van der Waals surface area (Å²) >= 11 is 4.84. The Morgan fingerprint density at radius 3 is 2.62 bits per heavy atom. The maximum atomic E-state index is 13.3. The smallest absolute Gasteiger partial charge is 0.259 e. The number of hydrogen-bond acceptors (Lipinski definition) is 3. The van der Waals surface area contributed by atoms with Crippen LogP contribution in [0.25, 0.3) is 0 Å². The van der Waals surface area contributed by atoms with Crippen LogP contribution in [0.1, 0.15) is 15.9 Å². The summed E-state index contributed by atoms with van der Waals surface area (Å²) in [6.45, 7) is 0.957. The van der Waals surface area contributed by atoms with Gasteiger partial charge in [-0.25, -0.2) is 8.78 Å². The van der Waals surface area contributed by atoms with Gasteiger partial charge in [-0.3, -0.25) is 14.7 Å². The molecule has 0 radical (unpaired) electrons. The van der Waals surface area contributed by atoms with Crippen LogP contribution in [0, 0.1) is 11.6 Å². The van der Waals surface area contributed by atoms with Gasteiger partial charge < -0.3 is 0 Å². The summed E-state index contributed by atoms with van der Waals surface area (Å²) in [6.07, 6.45) is 0. The molecule has 0 unspecified atom stereocenters. The molecule has 7 heteroatoms. The summed E-state index contributed by atoms with van der Waals surface area (Å²) in [5.41, 5.74) is 1.23. The molecule has 0 bridgehead atoms. The van der Waals surface area contributed by atoms with Gasteiger partial charge in [-0.2, -0.15) is 0 Å². The molecule has 0 N–H and O–H groups in total. The molecule has 24 heavy (non-hydrogen) atoms. The minimum absolute atomic E-state index is 0.118. The summed E-state index contributed by atoms with van der Waals surface area (Å²) in [5, 5.41) is 0.604. The highest BCUT2D eigenvalue weighted by Crippen LogP contribution is 2.23. The molecule has 0 atom stereocenters. The minimum Gasteiger partial charge on any atom is -0.286 e. The van der Waals surface area contributed by atoms with E-state index in [9.17, 15) is 13.6 Å². The van der Waals surface area contributed by atoms with E-state index in [1.54, 1.807) is 0 Å². The van der Waals surface area contributed by atoms with Gasteiger partial charge in [0, 0.05) is 22.3 Å². The van der Waals surface area contributed by atoms with E-state index < -0.39 is 11.6 Å². The molecule has 1 aliphatic heterocycles. The molecule has 0 saturated heterocycles. The van der Waals surface area contributed by atoms with Crippen molar-refractivity contribution in [3.8, 4) is 0 Å². The molecule has 1 heterocycles. The quantitative estimate of drug-likeness (QED) is 0.747. The third-order valence-electron chi connectivity index (χ3n) is 3.49. The van der Waals surface area contributed by atoms with E-state index in [-0.39, 0.29) is 11.5 Å². The largest absolute Gasteiger partial charge is 0.286 e. The van der Waals surface area contributed by atoms with Crippen LogP contribution < -0.4 is 0 Å². The molecule has 0 fully saturated rings. The number of carbonyl (C=O) groups is 1. The molecule has 2 aromatic carbocycles. The fourth-order valence-electron chi connectivity index (χ4n) is 2.25. The number of thioether (sulfide) groups is 1. The predicted molar refractivity (Wildman–Crippen MR) is 95.1 cm³/mol.